The van der Waals surface area contributed by atoms with Gasteiger partial charge in [-0.25, -0.2) is 4.98 Å². The molecule has 0 aromatic carbocycles. The van der Waals surface area contributed by atoms with Gasteiger partial charge in [0.2, 0.25) is 0 Å². The highest BCUT2D eigenvalue weighted by Gasteiger charge is 2.13. The molecule has 4 heteroatoms. The molecule has 1 heterocycles. The van der Waals surface area contributed by atoms with Gasteiger partial charge in [0.1, 0.15) is 5.82 Å². The third-order valence-corrected chi connectivity index (χ3v) is 3.07. The van der Waals surface area contributed by atoms with Crippen molar-refractivity contribution in [1.29, 1.82) is 0 Å². The Kier molecular flexibility index (Phi) is 5.91. The van der Waals surface area contributed by atoms with E-state index in [4.69, 9.17) is 5.73 Å². The zero-order chi connectivity index (χ0) is 12.7. The highest BCUT2D eigenvalue weighted by molar-refractivity contribution is 5.37. The quantitative estimate of drug-likeness (QED) is 0.789. The van der Waals surface area contributed by atoms with E-state index in [-0.39, 0.29) is 0 Å². The number of rotatable bonds is 7. The smallest absolute Gasteiger partial charge is 0.147 e. The van der Waals surface area contributed by atoms with Crippen LogP contribution in [0.5, 0.6) is 0 Å². The summed E-state index contributed by atoms with van der Waals surface area (Å²) in [6, 6.07) is 0.500. The van der Waals surface area contributed by atoms with Crippen molar-refractivity contribution < 1.29 is 0 Å². The molecule has 4 nitrogen and oxygen atoms in total. The molecule has 2 N–H and O–H groups in total. The van der Waals surface area contributed by atoms with Crippen LogP contribution in [0.4, 0.5) is 5.82 Å². The van der Waals surface area contributed by atoms with Gasteiger partial charge in [0, 0.05) is 19.1 Å². The van der Waals surface area contributed by atoms with Gasteiger partial charge >= 0.3 is 0 Å². The van der Waals surface area contributed by atoms with E-state index >= 15 is 0 Å². The van der Waals surface area contributed by atoms with Crippen LogP contribution in [0.3, 0.4) is 0 Å². The van der Waals surface area contributed by atoms with E-state index in [1.54, 1.807) is 6.20 Å². The van der Waals surface area contributed by atoms with E-state index in [0.717, 1.165) is 24.5 Å². The van der Waals surface area contributed by atoms with Gasteiger partial charge in [-0.1, -0.05) is 20.3 Å². The number of aromatic nitrogens is 2. The van der Waals surface area contributed by atoms with E-state index in [2.05, 4.69) is 35.6 Å². The number of hydrogen-bond acceptors (Lipinski definition) is 4. The highest BCUT2D eigenvalue weighted by Crippen LogP contribution is 2.15. The molecule has 0 bridgehead atoms. The lowest BCUT2D eigenvalue weighted by molar-refractivity contribution is 0.588. The molecule has 17 heavy (non-hydrogen) atoms. The standard InChI is InChI=1S/C13H24N4/c1-4-6-7-17(11(3)5-2)13-10-15-12(8-14)9-16-13/h9-11H,4-8,14H2,1-3H3. The molecule has 1 rings (SSSR count). The van der Waals surface area contributed by atoms with Gasteiger partial charge in [0.25, 0.3) is 0 Å². The van der Waals surface area contributed by atoms with E-state index in [9.17, 15) is 0 Å². The number of hydrogen-bond donors (Lipinski definition) is 1. The molecule has 0 amide bonds. The Morgan fingerprint density at radius 3 is 2.53 bits per heavy atom. The molecule has 0 aliphatic carbocycles. The second-order valence-corrected chi connectivity index (χ2v) is 4.37. The van der Waals surface area contributed by atoms with Gasteiger partial charge in [-0.05, 0) is 19.8 Å². The summed E-state index contributed by atoms with van der Waals surface area (Å²) in [5.41, 5.74) is 6.37. The second-order valence-electron chi connectivity index (χ2n) is 4.37. The van der Waals surface area contributed by atoms with Crippen LogP contribution in [-0.4, -0.2) is 22.6 Å². The van der Waals surface area contributed by atoms with Gasteiger partial charge in [-0.3, -0.25) is 4.98 Å². The third-order valence-electron chi connectivity index (χ3n) is 3.07. The maximum atomic E-state index is 5.53. The summed E-state index contributed by atoms with van der Waals surface area (Å²) in [5, 5.41) is 0. The maximum Gasteiger partial charge on any atom is 0.147 e. The summed E-state index contributed by atoms with van der Waals surface area (Å²) in [6.45, 7) is 8.13. The lowest BCUT2D eigenvalue weighted by Gasteiger charge is -2.29. The summed E-state index contributed by atoms with van der Waals surface area (Å²) in [5.74, 6) is 0.963. The predicted octanol–water partition coefficient (Wildman–Crippen LogP) is 2.34. The number of nitrogens with zero attached hydrogens (tertiary/aromatic N) is 3. The maximum absolute atomic E-state index is 5.53. The predicted molar refractivity (Wildman–Crippen MR) is 71.9 cm³/mol. The summed E-state index contributed by atoms with van der Waals surface area (Å²) in [6.07, 6.45) is 7.11. The molecule has 0 saturated heterocycles. The van der Waals surface area contributed by atoms with Crippen LogP contribution in [0.15, 0.2) is 12.4 Å². The zero-order valence-corrected chi connectivity index (χ0v) is 11.2. The van der Waals surface area contributed by atoms with Crippen molar-refractivity contribution in [1.82, 2.24) is 9.97 Å². The van der Waals surface area contributed by atoms with Gasteiger partial charge in [-0.15, -0.1) is 0 Å². The van der Waals surface area contributed by atoms with Crippen LogP contribution in [0.2, 0.25) is 0 Å². The molecule has 1 unspecified atom stereocenters. The molecule has 0 aliphatic rings. The molecule has 0 fully saturated rings. The Morgan fingerprint density at radius 1 is 1.29 bits per heavy atom. The van der Waals surface area contributed by atoms with Gasteiger partial charge < -0.3 is 10.6 Å². The molecule has 96 valence electrons. The lowest BCUT2D eigenvalue weighted by atomic mass is 10.2. The number of unbranched alkanes of at least 4 members (excludes halogenated alkanes) is 1. The summed E-state index contributed by atoms with van der Waals surface area (Å²) >= 11 is 0. The van der Waals surface area contributed by atoms with Crippen LogP contribution in [0.1, 0.15) is 45.7 Å². The van der Waals surface area contributed by atoms with E-state index in [1.165, 1.54) is 12.8 Å². The molecule has 0 saturated carbocycles. The van der Waals surface area contributed by atoms with Crippen molar-refractivity contribution >= 4 is 5.82 Å². The molecular weight excluding hydrogens is 212 g/mol. The molecule has 0 aliphatic heterocycles. The minimum Gasteiger partial charge on any atom is -0.353 e. The zero-order valence-electron chi connectivity index (χ0n) is 11.2. The summed E-state index contributed by atoms with van der Waals surface area (Å²) in [7, 11) is 0. The van der Waals surface area contributed by atoms with Crippen LogP contribution in [0.25, 0.3) is 0 Å². The average Bonchev–Trinajstić information content (AvgIpc) is 2.39. The van der Waals surface area contributed by atoms with Crippen molar-refractivity contribution in [2.75, 3.05) is 11.4 Å². The van der Waals surface area contributed by atoms with Crippen LogP contribution < -0.4 is 10.6 Å². The largest absolute Gasteiger partial charge is 0.353 e. The Morgan fingerprint density at radius 2 is 2.06 bits per heavy atom. The van der Waals surface area contributed by atoms with Crippen LogP contribution in [-0.2, 0) is 6.54 Å². The van der Waals surface area contributed by atoms with Crippen molar-refractivity contribution in [3.8, 4) is 0 Å². The normalized spacial score (nSPS) is 12.5. The average molecular weight is 236 g/mol. The Balaban J connectivity index is 2.79. The fraction of sp³-hybridized carbons (Fsp3) is 0.692. The Labute approximate surface area is 104 Å². The van der Waals surface area contributed by atoms with Crippen molar-refractivity contribution in [2.45, 2.75) is 52.6 Å². The lowest BCUT2D eigenvalue weighted by Crippen LogP contribution is -2.34. The molecule has 1 atom stereocenters. The van der Waals surface area contributed by atoms with Crippen LogP contribution in [0, 0.1) is 0 Å². The van der Waals surface area contributed by atoms with Gasteiger partial charge in [0.05, 0.1) is 18.1 Å². The van der Waals surface area contributed by atoms with Gasteiger partial charge in [0.15, 0.2) is 0 Å². The first-order chi connectivity index (χ1) is 8.22. The van der Waals surface area contributed by atoms with E-state index in [1.807, 2.05) is 6.20 Å². The molecule has 0 spiro atoms. The van der Waals surface area contributed by atoms with Crippen molar-refractivity contribution in [3.05, 3.63) is 18.1 Å². The minimum atomic E-state index is 0.450. The minimum absolute atomic E-state index is 0.450. The SMILES string of the molecule is CCCCN(c1cnc(CN)cn1)C(C)CC. The highest BCUT2D eigenvalue weighted by atomic mass is 15.2. The first kappa shape index (κ1) is 13.9. The monoisotopic (exact) mass is 236 g/mol. The number of nitrogens with two attached hydrogens (primary N) is 1. The topological polar surface area (TPSA) is 55.0 Å². The summed E-state index contributed by atoms with van der Waals surface area (Å²) < 4.78 is 0. The molecule has 1 aromatic rings. The fourth-order valence-electron chi connectivity index (χ4n) is 1.71. The Bertz CT molecular complexity index is 310. The van der Waals surface area contributed by atoms with Crippen molar-refractivity contribution in [2.24, 2.45) is 5.73 Å². The van der Waals surface area contributed by atoms with E-state index in [0.29, 0.717) is 12.6 Å². The molecule has 1 aromatic heterocycles. The fourth-order valence-corrected chi connectivity index (χ4v) is 1.71. The first-order valence-electron chi connectivity index (χ1n) is 6.50. The molecular formula is C13H24N4. The van der Waals surface area contributed by atoms with Gasteiger partial charge in [-0.2, -0.15) is 0 Å². The molecule has 0 radical (unpaired) electrons. The second kappa shape index (κ2) is 7.22. The third kappa shape index (κ3) is 3.97. The first-order valence-corrected chi connectivity index (χ1v) is 6.50. The van der Waals surface area contributed by atoms with Crippen molar-refractivity contribution in [3.63, 3.8) is 0 Å². The van der Waals surface area contributed by atoms with Crippen LogP contribution >= 0.6 is 0 Å². The van der Waals surface area contributed by atoms with E-state index < -0.39 is 0 Å². The summed E-state index contributed by atoms with van der Waals surface area (Å²) in [4.78, 5) is 11.1. The number of anilines is 1. The Hall–Kier alpha value is -1.16.